The van der Waals surface area contributed by atoms with Crippen LogP contribution in [0, 0.1) is 11.8 Å². The van der Waals surface area contributed by atoms with Crippen LogP contribution in [-0.4, -0.2) is 38.0 Å². The highest BCUT2D eigenvalue weighted by Gasteiger charge is 2.25. The van der Waals surface area contributed by atoms with Gasteiger partial charge in [0.05, 0.1) is 11.4 Å². The number of nitrogens with two attached hydrogens (primary N) is 1. The van der Waals surface area contributed by atoms with Crippen molar-refractivity contribution in [2.24, 2.45) is 11.8 Å². The highest BCUT2D eigenvalue weighted by Crippen LogP contribution is 2.27. The quantitative estimate of drug-likeness (QED) is 0.871. The van der Waals surface area contributed by atoms with Crippen LogP contribution in [0.1, 0.15) is 37.0 Å². The number of hydrogen-bond acceptors (Lipinski definition) is 3. The summed E-state index contributed by atoms with van der Waals surface area (Å²) in [6, 6.07) is 5.60. The van der Waals surface area contributed by atoms with E-state index in [4.69, 9.17) is 5.73 Å². The predicted molar refractivity (Wildman–Crippen MR) is 88.6 cm³/mol. The van der Waals surface area contributed by atoms with Gasteiger partial charge >= 0.3 is 0 Å². The first kappa shape index (κ1) is 15.7. The van der Waals surface area contributed by atoms with E-state index in [0.717, 1.165) is 37.5 Å². The summed E-state index contributed by atoms with van der Waals surface area (Å²) in [5.41, 5.74) is 8.34. The van der Waals surface area contributed by atoms with Gasteiger partial charge in [-0.15, -0.1) is 0 Å². The molecule has 1 aliphatic heterocycles. The number of anilines is 2. The van der Waals surface area contributed by atoms with E-state index >= 15 is 0 Å². The minimum absolute atomic E-state index is 0.106. The molecule has 1 amide bonds. The van der Waals surface area contributed by atoms with Crippen LogP contribution < -0.4 is 10.6 Å². The van der Waals surface area contributed by atoms with Gasteiger partial charge in [-0.2, -0.15) is 0 Å². The minimum atomic E-state index is 0.106. The lowest BCUT2D eigenvalue weighted by molar-refractivity contribution is 0.0668. The van der Waals surface area contributed by atoms with E-state index < -0.39 is 0 Å². The lowest BCUT2D eigenvalue weighted by atomic mass is 9.86. The molecule has 1 fully saturated rings. The minimum Gasteiger partial charge on any atom is -0.397 e. The third-order valence-corrected chi connectivity index (χ3v) is 4.53. The fourth-order valence-corrected chi connectivity index (χ4v) is 3.05. The standard InChI is InChI=1S/C17H27N3O/c1-12(2)13-7-9-20(10-8-13)17(21)14-5-6-16(19(3)4)15(18)11-14/h5-6,11-13H,7-10,18H2,1-4H3. The summed E-state index contributed by atoms with van der Waals surface area (Å²) < 4.78 is 0. The maximum Gasteiger partial charge on any atom is 0.253 e. The van der Waals surface area contributed by atoms with Gasteiger partial charge in [-0.05, 0) is 42.9 Å². The molecule has 0 atom stereocenters. The predicted octanol–water partition coefficient (Wildman–Crippen LogP) is 2.84. The number of piperidine rings is 1. The molecule has 21 heavy (non-hydrogen) atoms. The summed E-state index contributed by atoms with van der Waals surface area (Å²) in [7, 11) is 3.90. The number of hydrogen-bond donors (Lipinski definition) is 1. The summed E-state index contributed by atoms with van der Waals surface area (Å²) in [6.45, 7) is 6.25. The molecule has 1 aliphatic rings. The number of carbonyl (C=O) groups is 1. The van der Waals surface area contributed by atoms with Crippen LogP contribution in [0.2, 0.25) is 0 Å². The van der Waals surface area contributed by atoms with E-state index in [1.807, 2.05) is 36.0 Å². The van der Waals surface area contributed by atoms with E-state index in [-0.39, 0.29) is 5.91 Å². The Morgan fingerprint density at radius 3 is 2.38 bits per heavy atom. The Hall–Kier alpha value is -1.71. The highest BCUT2D eigenvalue weighted by atomic mass is 16.2. The largest absolute Gasteiger partial charge is 0.397 e. The Bertz CT molecular complexity index is 503. The lowest BCUT2D eigenvalue weighted by Gasteiger charge is -2.34. The molecule has 1 heterocycles. The average molecular weight is 289 g/mol. The molecule has 0 radical (unpaired) electrons. The second-order valence-corrected chi connectivity index (χ2v) is 6.54. The maximum atomic E-state index is 12.6. The smallest absolute Gasteiger partial charge is 0.253 e. The van der Waals surface area contributed by atoms with Crippen molar-refractivity contribution in [2.45, 2.75) is 26.7 Å². The summed E-state index contributed by atoms with van der Waals surface area (Å²) >= 11 is 0. The molecule has 0 spiro atoms. The van der Waals surface area contributed by atoms with Gasteiger partial charge in [0.1, 0.15) is 0 Å². The van der Waals surface area contributed by atoms with Gasteiger partial charge in [0.15, 0.2) is 0 Å². The van der Waals surface area contributed by atoms with Crippen molar-refractivity contribution in [3.63, 3.8) is 0 Å². The van der Waals surface area contributed by atoms with Crippen LogP contribution in [0.3, 0.4) is 0 Å². The highest BCUT2D eigenvalue weighted by molar-refractivity contribution is 5.96. The monoisotopic (exact) mass is 289 g/mol. The van der Waals surface area contributed by atoms with Crippen molar-refractivity contribution >= 4 is 17.3 Å². The van der Waals surface area contributed by atoms with Gasteiger partial charge in [0, 0.05) is 32.7 Å². The lowest BCUT2D eigenvalue weighted by Crippen LogP contribution is -2.39. The van der Waals surface area contributed by atoms with E-state index in [1.165, 1.54) is 0 Å². The maximum absolute atomic E-state index is 12.6. The van der Waals surface area contributed by atoms with E-state index in [1.54, 1.807) is 6.07 Å². The fraction of sp³-hybridized carbons (Fsp3) is 0.588. The van der Waals surface area contributed by atoms with Gasteiger partial charge in [0.25, 0.3) is 5.91 Å². The number of benzene rings is 1. The van der Waals surface area contributed by atoms with Crippen LogP contribution >= 0.6 is 0 Å². The van der Waals surface area contributed by atoms with Crippen LogP contribution in [0.5, 0.6) is 0 Å². The molecule has 1 saturated heterocycles. The first-order chi connectivity index (χ1) is 9.90. The molecular weight excluding hydrogens is 262 g/mol. The zero-order valence-electron chi connectivity index (χ0n) is 13.6. The molecule has 0 saturated carbocycles. The number of nitrogens with zero attached hydrogens (tertiary/aromatic N) is 2. The van der Waals surface area contributed by atoms with Crippen LogP contribution in [0.4, 0.5) is 11.4 Å². The number of rotatable bonds is 3. The number of carbonyl (C=O) groups excluding carboxylic acids is 1. The van der Waals surface area contributed by atoms with Gasteiger partial charge in [0.2, 0.25) is 0 Å². The third kappa shape index (κ3) is 3.49. The van der Waals surface area contributed by atoms with Gasteiger partial charge in [-0.25, -0.2) is 0 Å². The number of likely N-dealkylation sites (tertiary alicyclic amines) is 1. The first-order valence-electron chi connectivity index (χ1n) is 7.76. The third-order valence-electron chi connectivity index (χ3n) is 4.53. The van der Waals surface area contributed by atoms with Gasteiger partial charge in [-0.3, -0.25) is 4.79 Å². The Labute approximate surface area is 127 Å². The van der Waals surface area contributed by atoms with E-state index in [0.29, 0.717) is 17.2 Å². The van der Waals surface area contributed by atoms with Crippen LogP contribution in [-0.2, 0) is 0 Å². The number of nitrogen functional groups attached to an aromatic ring is 1. The Morgan fingerprint density at radius 2 is 1.90 bits per heavy atom. The summed E-state index contributed by atoms with van der Waals surface area (Å²) in [6.07, 6.45) is 2.21. The van der Waals surface area contributed by atoms with Crippen molar-refractivity contribution in [2.75, 3.05) is 37.8 Å². The molecule has 4 nitrogen and oxygen atoms in total. The molecule has 1 aromatic carbocycles. The van der Waals surface area contributed by atoms with Gasteiger partial charge in [-0.1, -0.05) is 13.8 Å². The molecule has 0 bridgehead atoms. The molecule has 1 aromatic rings. The zero-order valence-corrected chi connectivity index (χ0v) is 13.6. The van der Waals surface area contributed by atoms with Crippen molar-refractivity contribution in [3.8, 4) is 0 Å². The summed E-state index contributed by atoms with van der Waals surface area (Å²) in [5.74, 6) is 1.56. The first-order valence-corrected chi connectivity index (χ1v) is 7.76. The summed E-state index contributed by atoms with van der Waals surface area (Å²) in [4.78, 5) is 16.5. The van der Waals surface area contributed by atoms with E-state index in [2.05, 4.69) is 13.8 Å². The molecule has 4 heteroatoms. The van der Waals surface area contributed by atoms with Crippen LogP contribution in [0.15, 0.2) is 18.2 Å². The second-order valence-electron chi connectivity index (χ2n) is 6.54. The molecule has 2 N–H and O–H groups in total. The Balaban J connectivity index is 2.06. The molecular formula is C17H27N3O. The molecule has 0 unspecified atom stereocenters. The Kier molecular flexibility index (Phi) is 4.76. The molecule has 2 rings (SSSR count). The molecule has 0 aromatic heterocycles. The van der Waals surface area contributed by atoms with Gasteiger partial charge < -0.3 is 15.5 Å². The topological polar surface area (TPSA) is 49.6 Å². The normalized spacial score (nSPS) is 16.3. The van der Waals surface area contributed by atoms with Crippen molar-refractivity contribution in [1.82, 2.24) is 4.90 Å². The summed E-state index contributed by atoms with van der Waals surface area (Å²) in [5, 5.41) is 0. The Morgan fingerprint density at radius 1 is 1.29 bits per heavy atom. The second kappa shape index (κ2) is 6.37. The van der Waals surface area contributed by atoms with Crippen molar-refractivity contribution in [1.29, 1.82) is 0 Å². The molecule has 0 aliphatic carbocycles. The van der Waals surface area contributed by atoms with Crippen LogP contribution in [0.25, 0.3) is 0 Å². The average Bonchev–Trinajstić information content (AvgIpc) is 2.46. The SMILES string of the molecule is CC(C)C1CCN(C(=O)c2ccc(N(C)C)c(N)c2)CC1. The molecule has 116 valence electrons. The van der Waals surface area contributed by atoms with Crippen molar-refractivity contribution < 1.29 is 4.79 Å². The fourth-order valence-electron chi connectivity index (χ4n) is 3.05. The zero-order chi connectivity index (χ0) is 15.6. The number of amides is 1. The van der Waals surface area contributed by atoms with Crippen molar-refractivity contribution in [3.05, 3.63) is 23.8 Å². The van der Waals surface area contributed by atoms with E-state index in [9.17, 15) is 4.79 Å².